The highest BCUT2D eigenvalue weighted by molar-refractivity contribution is 6.48. The van der Waals surface area contributed by atoms with E-state index in [2.05, 4.69) is 4.43 Å². The van der Waals surface area contributed by atoms with Crippen molar-refractivity contribution in [2.24, 2.45) is 0 Å². The average Bonchev–Trinajstić information content (AvgIpc) is 2.64. The Morgan fingerprint density at radius 3 is 0.833 bits per heavy atom. The monoisotopic (exact) mass is 608 g/mol. The quantitative estimate of drug-likeness (QED) is 0.177. The summed E-state index contributed by atoms with van der Waals surface area (Å²) in [6, 6.07) is 0. The number of alkyl halides is 21. The lowest BCUT2D eigenvalue weighted by Gasteiger charge is -2.44. The molecular formula is C13H9F21OSi. The van der Waals surface area contributed by atoms with Gasteiger partial charge in [-0.05, 0) is 13.1 Å². The molecule has 0 amide bonds. The molecule has 0 aromatic carbocycles. The fourth-order valence-corrected chi connectivity index (χ4v) is 2.50. The maximum absolute atomic E-state index is 13.5. The van der Waals surface area contributed by atoms with Gasteiger partial charge in [-0.1, -0.05) is 0 Å². The molecule has 0 heterocycles. The summed E-state index contributed by atoms with van der Waals surface area (Å²) in [5.74, 6) is -76.8. The summed E-state index contributed by atoms with van der Waals surface area (Å²) >= 11 is 0. The molecule has 0 aliphatic rings. The van der Waals surface area contributed by atoms with Crippen molar-refractivity contribution in [1.82, 2.24) is 0 Å². The van der Waals surface area contributed by atoms with Crippen LogP contribution in [-0.2, 0) is 4.43 Å². The lowest BCUT2D eigenvalue weighted by molar-refractivity contribution is -0.474. The SMILES string of the molecule is C[SiH](C)OCC(F)(F)C(F)(F)C(F)(F)C(F)(F)C(F)(F)C(F)(F)C(F)(F)C(F)(F)C(F)(F)C(F)(F)F. The maximum Gasteiger partial charge on any atom is 0.460 e. The van der Waals surface area contributed by atoms with Crippen LogP contribution >= 0.6 is 0 Å². The molecule has 0 spiro atoms. The molecule has 0 unspecified atom stereocenters. The van der Waals surface area contributed by atoms with E-state index in [-0.39, 0.29) is 0 Å². The number of hydrogen-bond acceptors (Lipinski definition) is 1. The molecule has 0 aliphatic heterocycles. The van der Waals surface area contributed by atoms with Crippen LogP contribution < -0.4 is 0 Å². The molecular weight excluding hydrogens is 599 g/mol. The first-order valence-electron chi connectivity index (χ1n) is 8.25. The van der Waals surface area contributed by atoms with Crippen LogP contribution in [0.15, 0.2) is 0 Å². The van der Waals surface area contributed by atoms with Gasteiger partial charge in [0.05, 0.1) is 0 Å². The Kier molecular flexibility index (Phi) is 8.57. The summed E-state index contributed by atoms with van der Waals surface area (Å²) in [6.07, 6.45) is -7.99. The van der Waals surface area contributed by atoms with Gasteiger partial charge in [0.2, 0.25) is 0 Å². The highest BCUT2D eigenvalue weighted by atomic mass is 28.3. The van der Waals surface area contributed by atoms with Crippen molar-refractivity contribution < 1.29 is 96.6 Å². The molecule has 0 saturated carbocycles. The zero-order valence-corrected chi connectivity index (χ0v) is 17.8. The second kappa shape index (κ2) is 8.88. The number of rotatable bonds is 11. The molecule has 0 aliphatic carbocycles. The second-order valence-electron chi connectivity index (χ2n) is 7.16. The molecule has 0 aromatic heterocycles. The Balaban J connectivity index is 6.95. The molecule has 0 atom stereocenters. The minimum Gasteiger partial charge on any atom is -0.414 e. The van der Waals surface area contributed by atoms with Gasteiger partial charge in [-0.2, -0.15) is 92.2 Å². The molecule has 36 heavy (non-hydrogen) atoms. The fraction of sp³-hybridized carbons (Fsp3) is 1.00. The summed E-state index contributed by atoms with van der Waals surface area (Å²) in [5.41, 5.74) is 0. The molecule has 0 rings (SSSR count). The van der Waals surface area contributed by atoms with E-state index in [0.29, 0.717) is 0 Å². The van der Waals surface area contributed by atoms with Gasteiger partial charge in [-0.15, -0.1) is 0 Å². The molecule has 218 valence electrons. The lowest BCUT2D eigenvalue weighted by Crippen LogP contribution is -2.77. The molecule has 0 radical (unpaired) electrons. The van der Waals surface area contributed by atoms with Gasteiger partial charge in [0.25, 0.3) is 0 Å². The van der Waals surface area contributed by atoms with Crippen LogP contribution in [0.1, 0.15) is 0 Å². The summed E-state index contributed by atoms with van der Waals surface area (Å²) in [6.45, 7) is -1.27. The summed E-state index contributed by atoms with van der Waals surface area (Å²) in [4.78, 5) is 0. The van der Waals surface area contributed by atoms with Crippen LogP contribution in [0.25, 0.3) is 0 Å². The van der Waals surface area contributed by atoms with Crippen molar-refractivity contribution >= 4 is 9.04 Å². The lowest BCUT2D eigenvalue weighted by atomic mass is 9.86. The average molecular weight is 608 g/mol. The summed E-state index contributed by atoms with van der Waals surface area (Å²) in [7, 11) is -2.93. The van der Waals surface area contributed by atoms with Crippen LogP contribution in [0.4, 0.5) is 92.2 Å². The van der Waals surface area contributed by atoms with Crippen molar-refractivity contribution in [3.8, 4) is 0 Å². The molecule has 0 N–H and O–H groups in total. The fourth-order valence-electron chi connectivity index (χ4n) is 1.95. The van der Waals surface area contributed by atoms with Crippen molar-refractivity contribution in [3.63, 3.8) is 0 Å². The van der Waals surface area contributed by atoms with E-state index in [9.17, 15) is 92.2 Å². The van der Waals surface area contributed by atoms with Crippen molar-refractivity contribution in [2.75, 3.05) is 6.61 Å². The third-order valence-electron chi connectivity index (χ3n) is 4.17. The first kappa shape index (κ1) is 34.7. The third-order valence-corrected chi connectivity index (χ3v) is 5.01. The molecule has 0 aromatic rings. The van der Waals surface area contributed by atoms with E-state index in [4.69, 9.17) is 0 Å². The van der Waals surface area contributed by atoms with Gasteiger partial charge in [-0.3, -0.25) is 0 Å². The topological polar surface area (TPSA) is 9.23 Å². The van der Waals surface area contributed by atoms with Crippen molar-refractivity contribution in [2.45, 2.75) is 72.6 Å². The number of halogens is 21. The first-order chi connectivity index (χ1) is 15.2. The predicted molar refractivity (Wildman–Crippen MR) is 75.4 cm³/mol. The Morgan fingerprint density at radius 2 is 0.611 bits per heavy atom. The van der Waals surface area contributed by atoms with Gasteiger partial charge in [-0.25, -0.2) is 0 Å². The first-order valence-corrected chi connectivity index (χ1v) is 11.0. The molecule has 0 saturated heterocycles. The smallest absolute Gasteiger partial charge is 0.414 e. The van der Waals surface area contributed by atoms with E-state index < -0.39 is 75.1 Å². The Morgan fingerprint density at radius 1 is 0.389 bits per heavy atom. The van der Waals surface area contributed by atoms with E-state index in [1.54, 1.807) is 0 Å². The standard InChI is InChI=1S/C13H9F21OSi/c1-36(2)35-3-4(14,15)5(16,17)6(18,19)7(20,21)8(22,23)9(24,25)10(26,27)11(28,29)12(30,31)13(32,33)34/h36H,3H2,1-2H3. The van der Waals surface area contributed by atoms with E-state index >= 15 is 0 Å². The minimum atomic E-state index is -9.15. The molecule has 0 bridgehead atoms. The maximum atomic E-state index is 13.5. The normalized spacial score (nSPS) is 16.7. The third kappa shape index (κ3) is 4.48. The van der Waals surface area contributed by atoms with Crippen LogP contribution in [0, 0.1) is 0 Å². The highest BCUT2D eigenvalue weighted by Crippen LogP contribution is 2.66. The Labute approximate surface area is 186 Å². The molecule has 23 heteroatoms. The number of hydrogen-bond donors (Lipinski definition) is 0. The Bertz CT molecular complexity index is 781. The van der Waals surface area contributed by atoms with Gasteiger partial charge in [0.1, 0.15) is 6.61 Å². The zero-order chi connectivity index (χ0) is 30.0. The van der Waals surface area contributed by atoms with Crippen molar-refractivity contribution in [3.05, 3.63) is 0 Å². The van der Waals surface area contributed by atoms with Gasteiger partial charge < -0.3 is 4.43 Å². The second-order valence-corrected chi connectivity index (χ2v) is 9.59. The van der Waals surface area contributed by atoms with Crippen LogP contribution in [-0.4, -0.2) is 75.1 Å². The minimum absolute atomic E-state index is 0.856. The van der Waals surface area contributed by atoms with E-state index in [0.717, 1.165) is 13.1 Å². The van der Waals surface area contributed by atoms with Crippen LogP contribution in [0.3, 0.4) is 0 Å². The Hall–Kier alpha value is -1.29. The zero-order valence-electron chi connectivity index (χ0n) is 16.6. The van der Waals surface area contributed by atoms with Gasteiger partial charge >= 0.3 is 59.5 Å². The summed E-state index contributed by atoms with van der Waals surface area (Å²) < 4.78 is 279. The largest absolute Gasteiger partial charge is 0.460 e. The summed E-state index contributed by atoms with van der Waals surface area (Å²) in [5, 5.41) is 0. The van der Waals surface area contributed by atoms with E-state index in [1.807, 2.05) is 0 Å². The van der Waals surface area contributed by atoms with Crippen LogP contribution in [0.2, 0.25) is 13.1 Å². The molecule has 0 fully saturated rings. The predicted octanol–water partition coefficient (Wildman–Crippen LogP) is 7.27. The highest BCUT2D eigenvalue weighted by Gasteiger charge is 2.97. The van der Waals surface area contributed by atoms with Gasteiger partial charge in [0.15, 0.2) is 9.04 Å². The van der Waals surface area contributed by atoms with Gasteiger partial charge in [0, 0.05) is 0 Å². The molecule has 1 nitrogen and oxygen atoms in total. The van der Waals surface area contributed by atoms with Crippen LogP contribution in [0.5, 0.6) is 0 Å². The van der Waals surface area contributed by atoms with Crippen molar-refractivity contribution in [1.29, 1.82) is 0 Å². The van der Waals surface area contributed by atoms with E-state index in [1.165, 1.54) is 0 Å².